The van der Waals surface area contributed by atoms with Gasteiger partial charge in [-0.15, -0.1) is 0 Å². The third-order valence-electron chi connectivity index (χ3n) is 4.08. The van der Waals surface area contributed by atoms with Crippen LogP contribution in [-0.4, -0.2) is 22.9 Å². The molecular formula is C15H19F3N2O. The molecule has 0 saturated carbocycles. The number of nitrogens with zero attached hydrogens (tertiary/aromatic N) is 1. The Balaban J connectivity index is 2.40. The van der Waals surface area contributed by atoms with Crippen LogP contribution in [0, 0.1) is 0 Å². The molecule has 21 heavy (non-hydrogen) atoms. The van der Waals surface area contributed by atoms with Crippen LogP contribution in [0.15, 0.2) is 24.3 Å². The minimum absolute atomic E-state index is 0.0742. The second kappa shape index (κ2) is 5.33. The Morgan fingerprint density at radius 1 is 1.33 bits per heavy atom. The van der Waals surface area contributed by atoms with Crippen molar-refractivity contribution < 1.29 is 18.0 Å². The normalized spacial score (nSPS) is 26.5. The maximum Gasteiger partial charge on any atom is 0.416 e. The van der Waals surface area contributed by atoms with E-state index in [0.29, 0.717) is 18.5 Å². The highest BCUT2D eigenvalue weighted by molar-refractivity contribution is 5.88. The summed E-state index contributed by atoms with van der Waals surface area (Å²) in [6.07, 6.45) is -4.32. The Morgan fingerprint density at radius 3 is 2.52 bits per heavy atom. The lowest BCUT2D eigenvalue weighted by Crippen LogP contribution is -2.43. The van der Waals surface area contributed by atoms with Crippen LogP contribution in [0.5, 0.6) is 0 Å². The summed E-state index contributed by atoms with van der Waals surface area (Å²) >= 11 is 0. The van der Waals surface area contributed by atoms with Gasteiger partial charge in [-0.1, -0.05) is 19.1 Å². The predicted molar refractivity (Wildman–Crippen MR) is 73.4 cm³/mol. The lowest BCUT2D eigenvalue weighted by Gasteiger charge is -2.23. The summed E-state index contributed by atoms with van der Waals surface area (Å²) in [5, 5.41) is 3.17. The summed E-state index contributed by atoms with van der Waals surface area (Å²) in [7, 11) is 0. The number of likely N-dealkylation sites (N-methyl/N-ethyl adjacent to an activating group) is 1. The van der Waals surface area contributed by atoms with E-state index in [0.717, 1.165) is 12.1 Å². The van der Waals surface area contributed by atoms with E-state index >= 15 is 0 Å². The fraction of sp³-hybridized carbons (Fsp3) is 0.533. The average Bonchev–Trinajstić information content (AvgIpc) is 2.71. The van der Waals surface area contributed by atoms with Crippen LogP contribution in [0.4, 0.5) is 13.2 Å². The molecule has 1 saturated heterocycles. The second-order valence-corrected chi connectivity index (χ2v) is 5.45. The smallest absolute Gasteiger partial charge is 0.322 e. The van der Waals surface area contributed by atoms with Crippen LogP contribution < -0.4 is 5.32 Å². The number of benzene rings is 1. The molecule has 1 amide bonds. The maximum atomic E-state index is 12.8. The number of carbonyl (C=O) groups excluding carboxylic acids is 1. The van der Waals surface area contributed by atoms with Crippen LogP contribution in [0.3, 0.4) is 0 Å². The molecule has 0 bridgehead atoms. The molecule has 1 fully saturated rings. The number of hydrogen-bond donors (Lipinski definition) is 1. The minimum Gasteiger partial charge on any atom is -0.322 e. The van der Waals surface area contributed by atoms with Gasteiger partial charge < -0.3 is 4.90 Å². The lowest BCUT2D eigenvalue weighted by atomic mass is 9.99. The summed E-state index contributed by atoms with van der Waals surface area (Å²) < 4.78 is 38.5. The van der Waals surface area contributed by atoms with E-state index in [1.54, 1.807) is 17.9 Å². The first-order valence-electron chi connectivity index (χ1n) is 6.99. The molecule has 1 aliphatic rings. The molecule has 0 radical (unpaired) electrons. The molecular weight excluding hydrogens is 281 g/mol. The molecule has 0 aliphatic carbocycles. The average molecular weight is 300 g/mol. The molecule has 2 rings (SSSR count). The molecule has 6 heteroatoms. The number of rotatable bonds is 3. The van der Waals surface area contributed by atoms with Crippen molar-refractivity contribution >= 4 is 5.91 Å². The molecule has 3 nitrogen and oxygen atoms in total. The maximum absolute atomic E-state index is 12.8. The number of carbonyl (C=O) groups is 1. The van der Waals surface area contributed by atoms with Gasteiger partial charge in [-0.2, -0.15) is 13.2 Å². The highest BCUT2D eigenvalue weighted by Crippen LogP contribution is 2.35. The molecule has 116 valence electrons. The highest BCUT2D eigenvalue weighted by atomic mass is 19.4. The van der Waals surface area contributed by atoms with E-state index in [4.69, 9.17) is 0 Å². The SMILES string of the molecule is CCN1C(=O)C(C)(CC)NC1c1cccc(C(F)(F)F)c1. The zero-order valence-electron chi connectivity index (χ0n) is 12.3. The Labute approximate surface area is 122 Å². The van der Waals surface area contributed by atoms with Gasteiger partial charge in [0.1, 0.15) is 6.17 Å². The molecule has 0 spiro atoms. The van der Waals surface area contributed by atoms with E-state index in [2.05, 4.69) is 5.32 Å². The topological polar surface area (TPSA) is 32.3 Å². The summed E-state index contributed by atoms with van der Waals surface area (Å²) in [6.45, 7) is 5.93. The van der Waals surface area contributed by atoms with Crippen LogP contribution >= 0.6 is 0 Å². The number of amides is 1. The molecule has 1 heterocycles. The number of hydrogen-bond acceptors (Lipinski definition) is 2. The van der Waals surface area contributed by atoms with Crippen molar-refractivity contribution in [2.24, 2.45) is 0 Å². The number of nitrogens with one attached hydrogen (secondary N) is 1. The van der Waals surface area contributed by atoms with Crippen LogP contribution in [0.2, 0.25) is 0 Å². The van der Waals surface area contributed by atoms with Crippen LogP contribution in [-0.2, 0) is 11.0 Å². The van der Waals surface area contributed by atoms with Gasteiger partial charge in [0.05, 0.1) is 11.1 Å². The quantitative estimate of drug-likeness (QED) is 0.928. The van der Waals surface area contributed by atoms with E-state index in [-0.39, 0.29) is 5.91 Å². The second-order valence-electron chi connectivity index (χ2n) is 5.45. The Morgan fingerprint density at radius 2 is 2.00 bits per heavy atom. The summed E-state index contributed by atoms with van der Waals surface area (Å²) in [4.78, 5) is 14.0. The van der Waals surface area contributed by atoms with Crippen molar-refractivity contribution in [1.29, 1.82) is 0 Å². The molecule has 1 aromatic rings. The van der Waals surface area contributed by atoms with Gasteiger partial charge in [-0.05, 0) is 38.0 Å². The third-order valence-corrected chi connectivity index (χ3v) is 4.08. The van der Waals surface area contributed by atoms with Crippen molar-refractivity contribution in [3.8, 4) is 0 Å². The Kier molecular flexibility index (Phi) is 4.02. The molecule has 1 aliphatic heterocycles. The van der Waals surface area contributed by atoms with Gasteiger partial charge in [-0.25, -0.2) is 0 Å². The Bertz CT molecular complexity index is 544. The van der Waals surface area contributed by atoms with Crippen LogP contribution in [0.25, 0.3) is 0 Å². The van der Waals surface area contributed by atoms with Crippen molar-refractivity contribution in [3.63, 3.8) is 0 Å². The lowest BCUT2D eigenvalue weighted by molar-refractivity contribution is -0.137. The van der Waals surface area contributed by atoms with Crippen molar-refractivity contribution in [2.45, 2.75) is 45.1 Å². The number of alkyl halides is 3. The molecule has 1 aromatic carbocycles. The summed E-state index contributed by atoms with van der Waals surface area (Å²) in [6, 6.07) is 5.13. The van der Waals surface area contributed by atoms with Gasteiger partial charge >= 0.3 is 6.18 Å². The number of halogens is 3. The third kappa shape index (κ3) is 2.77. The summed E-state index contributed by atoms with van der Waals surface area (Å²) in [5.41, 5.74) is -0.970. The van der Waals surface area contributed by atoms with E-state index < -0.39 is 23.4 Å². The van der Waals surface area contributed by atoms with Gasteiger partial charge in [0, 0.05) is 6.54 Å². The van der Waals surface area contributed by atoms with Gasteiger partial charge in [0.25, 0.3) is 0 Å². The largest absolute Gasteiger partial charge is 0.416 e. The van der Waals surface area contributed by atoms with Gasteiger partial charge in [0.15, 0.2) is 0 Å². The standard InChI is InChI=1S/C15H19F3N2O/c1-4-14(3)13(21)20(5-2)12(19-14)10-7-6-8-11(9-10)15(16,17)18/h6-9,12,19H,4-5H2,1-3H3. The van der Waals surface area contributed by atoms with Crippen molar-refractivity contribution in [1.82, 2.24) is 10.2 Å². The molecule has 1 N–H and O–H groups in total. The fourth-order valence-corrected chi connectivity index (χ4v) is 2.60. The Hall–Kier alpha value is -1.56. The molecule has 2 atom stereocenters. The molecule has 2 unspecified atom stereocenters. The minimum atomic E-state index is -4.39. The zero-order chi connectivity index (χ0) is 15.8. The first kappa shape index (κ1) is 15.8. The first-order valence-corrected chi connectivity index (χ1v) is 6.99. The van der Waals surface area contributed by atoms with E-state index in [1.165, 1.54) is 6.07 Å². The van der Waals surface area contributed by atoms with Crippen molar-refractivity contribution in [3.05, 3.63) is 35.4 Å². The van der Waals surface area contributed by atoms with Gasteiger partial charge in [0.2, 0.25) is 5.91 Å². The summed E-state index contributed by atoms with van der Waals surface area (Å²) in [5.74, 6) is -0.0742. The first-order chi connectivity index (χ1) is 9.73. The fourth-order valence-electron chi connectivity index (χ4n) is 2.60. The molecule has 0 aromatic heterocycles. The highest BCUT2D eigenvalue weighted by Gasteiger charge is 2.46. The van der Waals surface area contributed by atoms with E-state index in [1.807, 2.05) is 13.8 Å². The monoisotopic (exact) mass is 300 g/mol. The van der Waals surface area contributed by atoms with Crippen molar-refractivity contribution in [2.75, 3.05) is 6.54 Å². The predicted octanol–water partition coefficient (Wildman–Crippen LogP) is 3.32. The van der Waals surface area contributed by atoms with Gasteiger partial charge in [-0.3, -0.25) is 10.1 Å². The van der Waals surface area contributed by atoms with Crippen LogP contribution in [0.1, 0.15) is 44.5 Å². The zero-order valence-corrected chi connectivity index (χ0v) is 12.3. The van der Waals surface area contributed by atoms with E-state index in [9.17, 15) is 18.0 Å².